The van der Waals surface area contributed by atoms with Gasteiger partial charge in [0.25, 0.3) is 5.91 Å². The molecule has 1 amide bonds. The number of aromatic nitrogens is 2. The molecule has 7 nitrogen and oxygen atoms in total. The number of amides is 1. The molecule has 0 saturated heterocycles. The van der Waals surface area contributed by atoms with Gasteiger partial charge in [-0.1, -0.05) is 16.8 Å². The van der Waals surface area contributed by atoms with Crippen LogP contribution >= 0.6 is 11.6 Å². The predicted octanol–water partition coefficient (Wildman–Crippen LogP) is 1.48. The minimum absolute atomic E-state index is 0.0706. The quantitative estimate of drug-likeness (QED) is 0.343. The van der Waals surface area contributed by atoms with Crippen LogP contribution in [0.3, 0.4) is 0 Å². The van der Waals surface area contributed by atoms with Crippen molar-refractivity contribution in [1.82, 2.24) is 9.97 Å². The van der Waals surface area contributed by atoms with Gasteiger partial charge in [-0.3, -0.25) is 9.78 Å². The van der Waals surface area contributed by atoms with E-state index in [1.54, 1.807) is 12.1 Å². The second-order valence-corrected chi connectivity index (χ2v) is 4.13. The second-order valence-electron chi connectivity index (χ2n) is 3.72. The Hall–Kier alpha value is -2.67. The highest BCUT2D eigenvalue weighted by Gasteiger charge is 2.11. The molecular weight excluding hydrogens is 282 g/mol. The van der Waals surface area contributed by atoms with E-state index in [-0.39, 0.29) is 16.6 Å². The lowest BCUT2D eigenvalue weighted by molar-refractivity contribution is 0.102. The zero-order valence-corrected chi connectivity index (χ0v) is 10.9. The van der Waals surface area contributed by atoms with Crippen LogP contribution in [0.2, 0.25) is 5.02 Å². The van der Waals surface area contributed by atoms with E-state index in [1.807, 2.05) is 0 Å². The molecule has 4 N–H and O–H groups in total. The zero-order chi connectivity index (χ0) is 14.5. The summed E-state index contributed by atoms with van der Waals surface area (Å²) in [6.45, 7) is 0. The number of carbonyl (C=O) groups is 1. The minimum Gasteiger partial charge on any atom is -0.409 e. The molecule has 0 saturated carbocycles. The van der Waals surface area contributed by atoms with Crippen molar-refractivity contribution < 1.29 is 10.0 Å². The first-order chi connectivity index (χ1) is 9.61. The first-order valence-corrected chi connectivity index (χ1v) is 5.84. The number of carbonyl (C=O) groups excluding carboxylic acids is 1. The summed E-state index contributed by atoms with van der Waals surface area (Å²) in [7, 11) is 0. The van der Waals surface area contributed by atoms with Gasteiger partial charge in [0.15, 0.2) is 5.84 Å². The fraction of sp³-hybridized carbons (Fsp3) is 0. The van der Waals surface area contributed by atoms with Gasteiger partial charge in [-0.15, -0.1) is 0 Å². The highest BCUT2D eigenvalue weighted by molar-refractivity contribution is 6.34. The van der Waals surface area contributed by atoms with Crippen LogP contribution < -0.4 is 11.1 Å². The van der Waals surface area contributed by atoms with Gasteiger partial charge in [-0.05, 0) is 18.2 Å². The molecular formula is C12H10ClN5O2. The number of nitrogens with one attached hydrogen (secondary N) is 1. The molecule has 8 heteroatoms. The summed E-state index contributed by atoms with van der Waals surface area (Å²) in [5, 5.41) is 14.3. The van der Waals surface area contributed by atoms with Crippen molar-refractivity contribution >= 4 is 29.0 Å². The van der Waals surface area contributed by atoms with Crippen molar-refractivity contribution in [2.45, 2.75) is 0 Å². The largest absolute Gasteiger partial charge is 0.409 e. The number of amidine groups is 1. The van der Waals surface area contributed by atoms with Gasteiger partial charge in [0.1, 0.15) is 5.69 Å². The average molecular weight is 292 g/mol. The van der Waals surface area contributed by atoms with E-state index >= 15 is 0 Å². The Morgan fingerprint density at radius 3 is 2.80 bits per heavy atom. The van der Waals surface area contributed by atoms with Gasteiger partial charge in [0.2, 0.25) is 0 Å². The maximum Gasteiger partial charge on any atom is 0.275 e. The van der Waals surface area contributed by atoms with Crippen LogP contribution in [-0.2, 0) is 0 Å². The summed E-state index contributed by atoms with van der Waals surface area (Å²) in [5.41, 5.74) is 6.44. The summed E-state index contributed by atoms with van der Waals surface area (Å²) >= 11 is 6.02. The zero-order valence-electron chi connectivity index (χ0n) is 10.1. The van der Waals surface area contributed by atoms with E-state index in [9.17, 15) is 4.79 Å². The van der Waals surface area contributed by atoms with Crippen LogP contribution in [-0.4, -0.2) is 26.9 Å². The summed E-state index contributed by atoms with van der Waals surface area (Å²) < 4.78 is 0. The third-order valence-corrected chi connectivity index (χ3v) is 2.73. The van der Waals surface area contributed by atoms with Crippen molar-refractivity contribution in [1.29, 1.82) is 0 Å². The highest BCUT2D eigenvalue weighted by Crippen LogP contribution is 2.23. The fourth-order valence-electron chi connectivity index (χ4n) is 1.44. The lowest BCUT2D eigenvalue weighted by atomic mass is 10.2. The number of oxime groups is 1. The van der Waals surface area contributed by atoms with Crippen molar-refractivity contribution in [2.75, 3.05) is 5.32 Å². The van der Waals surface area contributed by atoms with Gasteiger partial charge in [0.05, 0.1) is 16.9 Å². The Balaban J connectivity index is 2.21. The number of benzene rings is 1. The maximum atomic E-state index is 11.9. The van der Waals surface area contributed by atoms with Crippen molar-refractivity contribution in [3.05, 3.63) is 53.1 Å². The molecule has 1 aromatic heterocycles. The molecule has 2 aromatic rings. The number of hydrogen-bond donors (Lipinski definition) is 3. The third kappa shape index (κ3) is 3.01. The van der Waals surface area contributed by atoms with Crippen LogP contribution in [0.15, 0.2) is 41.9 Å². The Morgan fingerprint density at radius 1 is 1.40 bits per heavy atom. The van der Waals surface area contributed by atoms with E-state index in [0.717, 1.165) is 0 Å². The number of hydrogen-bond acceptors (Lipinski definition) is 5. The maximum absolute atomic E-state index is 11.9. The monoisotopic (exact) mass is 291 g/mol. The number of rotatable bonds is 3. The SMILES string of the molecule is N/C(=N/O)c1ccc(NC(=O)c2cnccn2)c(Cl)c1. The van der Waals surface area contributed by atoms with E-state index in [2.05, 4.69) is 20.4 Å². The van der Waals surface area contributed by atoms with Gasteiger partial charge in [-0.25, -0.2) is 4.98 Å². The summed E-state index contributed by atoms with van der Waals surface area (Å²) in [5.74, 6) is -0.504. The minimum atomic E-state index is -0.434. The van der Waals surface area contributed by atoms with Crippen LogP contribution in [0, 0.1) is 0 Å². The molecule has 0 unspecified atom stereocenters. The van der Waals surface area contributed by atoms with Crippen LogP contribution in [0.5, 0.6) is 0 Å². The van der Waals surface area contributed by atoms with Gasteiger partial charge < -0.3 is 16.3 Å². The number of halogens is 1. The van der Waals surface area contributed by atoms with Crippen LogP contribution in [0.1, 0.15) is 16.1 Å². The first kappa shape index (κ1) is 13.8. The van der Waals surface area contributed by atoms with E-state index < -0.39 is 5.91 Å². The van der Waals surface area contributed by atoms with E-state index in [0.29, 0.717) is 11.3 Å². The molecule has 1 aromatic carbocycles. The molecule has 0 spiro atoms. The lowest BCUT2D eigenvalue weighted by Gasteiger charge is -2.08. The van der Waals surface area contributed by atoms with Crippen molar-refractivity contribution in [2.24, 2.45) is 10.9 Å². The van der Waals surface area contributed by atoms with Gasteiger partial charge >= 0.3 is 0 Å². The van der Waals surface area contributed by atoms with E-state index in [1.165, 1.54) is 24.7 Å². The Kier molecular flexibility index (Phi) is 4.11. The standard InChI is InChI=1S/C12H10ClN5O2/c13-8-5-7(11(14)18-20)1-2-9(8)17-12(19)10-6-15-3-4-16-10/h1-6,20H,(H2,14,18)(H,17,19). The molecule has 102 valence electrons. The molecule has 0 radical (unpaired) electrons. The first-order valence-electron chi connectivity index (χ1n) is 5.46. The summed E-state index contributed by atoms with van der Waals surface area (Å²) in [4.78, 5) is 19.6. The third-order valence-electron chi connectivity index (χ3n) is 2.42. The lowest BCUT2D eigenvalue weighted by Crippen LogP contribution is -2.15. The molecule has 0 aliphatic rings. The number of nitrogens with zero attached hydrogens (tertiary/aromatic N) is 3. The van der Waals surface area contributed by atoms with Crippen molar-refractivity contribution in [3.63, 3.8) is 0 Å². The molecule has 1 heterocycles. The molecule has 20 heavy (non-hydrogen) atoms. The fourth-order valence-corrected chi connectivity index (χ4v) is 1.66. The van der Waals surface area contributed by atoms with Crippen LogP contribution in [0.4, 0.5) is 5.69 Å². The smallest absolute Gasteiger partial charge is 0.275 e. The van der Waals surface area contributed by atoms with Gasteiger partial charge in [0, 0.05) is 18.0 Å². The van der Waals surface area contributed by atoms with Crippen molar-refractivity contribution in [3.8, 4) is 0 Å². The Morgan fingerprint density at radius 2 is 2.20 bits per heavy atom. The molecule has 2 rings (SSSR count). The van der Waals surface area contributed by atoms with E-state index in [4.69, 9.17) is 22.5 Å². The summed E-state index contributed by atoms with van der Waals surface area (Å²) in [6, 6.07) is 4.58. The highest BCUT2D eigenvalue weighted by atomic mass is 35.5. The van der Waals surface area contributed by atoms with Crippen LogP contribution in [0.25, 0.3) is 0 Å². The normalized spacial score (nSPS) is 11.2. The molecule has 0 aliphatic heterocycles. The second kappa shape index (κ2) is 5.98. The topological polar surface area (TPSA) is 113 Å². The Bertz CT molecular complexity index is 660. The predicted molar refractivity (Wildman–Crippen MR) is 73.9 cm³/mol. The molecule has 0 fully saturated rings. The summed E-state index contributed by atoms with van der Waals surface area (Å²) in [6.07, 6.45) is 4.22. The average Bonchev–Trinajstić information content (AvgIpc) is 2.49. The van der Waals surface area contributed by atoms with Gasteiger partial charge in [-0.2, -0.15) is 0 Å². The molecule has 0 atom stereocenters. The number of anilines is 1. The molecule has 0 aliphatic carbocycles. The Labute approximate surface area is 119 Å². The number of nitrogens with two attached hydrogens (primary N) is 1. The molecule has 0 bridgehead atoms.